The van der Waals surface area contributed by atoms with Crippen LogP contribution in [0, 0.1) is 5.92 Å². The van der Waals surface area contributed by atoms with Gasteiger partial charge < -0.3 is 5.32 Å². The lowest BCUT2D eigenvalue weighted by atomic mass is 10.1. The molecule has 0 saturated heterocycles. The standard InChI is InChI=1S/C13H23N3/c1-3-16-10-13(9-15-16)11(2)14-8-12-6-4-5-7-12/h9-12,14H,3-8H2,1-2H3. The van der Waals surface area contributed by atoms with Gasteiger partial charge in [-0.05, 0) is 39.2 Å². The van der Waals surface area contributed by atoms with Crippen LogP contribution in [0.15, 0.2) is 12.4 Å². The fraction of sp³-hybridized carbons (Fsp3) is 0.769. The van der Waals surface area contributed by atoms with E-state index in [4.69, 9.17) is 0 Å². The smallest absolute Gasteiger partial charge is 0.0537 e. The summed E-state index contributed by atoms with van der Waals surface area (Å²) in [6.45, 7) is 6.47. The Morgan fingerprint density at radius 1 is 1.50 bits per heavy atom. The van der Waals surface area contributed by atoms with Crippen molar-refractivity contribution in [2.45, 2.75) is 52.1 Å². The molecule has 1 N–H and O–H groups in total. The molecule has 0 radical (unpaired) electrons. The molecular weight excluding hydrogens is 198 g/mol. The number of aryl methyl sites for hydroxylation is 1. The van der Waals surface area contributed by atoms with Gasteiger partial charge in [0.1, 0.15) is 0 Å². The van der Waals surface area contributed by atoms with Crippen LogP contribution in [0.1, 0.15) is 51.1 Å². The second kappa shape index (κ2) is 5.48. The van der Waals surface area contributed by atoms with Crippen LogP contribution >= 0.6 is 0 Å². The molecule has 1 aliphatic carbocycles. The van der Waals surface area contributed by atoms with Crippen molar-refractivity contribution < 1.29 is 0 Å². The summed E-state index contributed by atoms with van der Waals surface area (Å²) in [7, 11) is 0. The van der Waals surface area contributed by atoms with E-state index in [0.29, 0.717) is 6.04 Å². The molecule has 1 heterocycles. The molecule has 0 aliphatic heterocycles. The molecule has 2 rings (SSSR count). The molecule has 0 amide bonds. The number of nitrogens with zero attached hydrogens (tertiary/aromatic N) is 2. The molecule has 1 aromatic rings. The van der Waals surface area contributed by atoms with Gasteiger partial charge in [0.25, 0.3) is 0 Å². The summed E-state index contributed by atoms with van der Waals surface area (Å²) in [5, 5.41) is 7.94. The van der Waals surface area contributed by atoms with Crippen LogP contribution in [0.5, 0.6) is 0 Å². The molecule has 1 unspecified atom stereocenters. The van der Waals surface area contributed by atoms with Gasteiger partial charge in [0, 0.05) is 24.3 Å². The van der Waals surface area contributed by atoms with Gasteiger partial charge in [-0.3, -0.25) is 4.68 Å². The number of nitrogens with one attached hydrogen (secondary N) is 1. The third-order valence-electron chi connectivity index (χ3n) is 3.66. The van der Waals surface area contributed by atoms with E-state index in [1.807, 2.05) is 10.9 Å². The van der Waals surface area contributed by atoms with E-state index in [0.717, 1.165) is 12.5 Å². The molecule has 16 heavy (non-hydrogen) atoms. The van der Waals surface area contributed by atoms with Crippen molar-refractivity contribution in [1.29, 1.82) is 0 Å². The molecular formula is C13H23N3. The average Bonchev–Trinajstić information content (AvgIpc) is 2.96. The Balaban J connectivity index is 1.80. The first-order valence-electron chi connectivity index (χ1n) is 6.55. The molecule has 1 atom stereocenters. The minimum absolute atomic E-state index is 0.431. The quantitative estimate of drug-likeness (QED) is 0.828. The van der Waals surface area contributed by atoms with Gasteiger partial charge in [-0.1, -0.05) is 12.8 Å². The lowest BCUT2D eigenvalue weighted by molar-refractivity contribution is 0.452. The van der Waals surface area contributed by atoms with E-state index in [-0.39, 0.29) is 0 Å². The maximum Gasteiger partial charge on any atom is 0.0537 e. The van der Waals surface area contributed by atoms with Crippen molar-refractivity contribution in [3.63, 3.8) is 0 Å². The third kappa shape index (κ3) is 2.85. The minimum atomic E-state index is 0.431. The maximum absolute atomic E-state index is 4.31. The topological polar surface area (TPSA) is 29.9 Å². The maximum atomic E-state index is 4.31. The lowest BCUT2D eigenvalue weighted by Crippen LogP contribution is -2.24. The summed E-state index contributed by atoms with van der Waals surface area (Å²) in [6.07, 6.45) is 9.80. The van der Waals surface area contributed by atoms with Gasteiger partial charge in [0.2, 0.25) is 0 Å². The van der Waals surface area contributed by atoms with E-state index >= 15 is 0 Å². The third-order valence-corrected chi connectivity index (χ3v) is 3.66. The van der Waals surface area contributed by atoms with Gasteiger partial charge in [-0.15, -0.1) is 0 Å². The van der Waals surface area contributed by atoms with Crippen molar-refractivity contribution in [3.8, 4) is 0 Å². The van der Waals surface area contributed by atoms with Crippen molar-refractivity contribution in [2.75, 3.05) is 6.54 Å². The molecule has 90 valence electrons. The van der Waals surface area contributed by atoms with E-state index in [9.17, 15) is 0 Å². The highest BCUT2D eigenvalue weighted by Gasteiger charge is 2.16. The van der Waals surface area contributed by atoms with Gasteiger partial charge in [-0.2, -0.15) is 5.10 Å². The molecule has 1 fully saturated rings. The van der Waals surface area contributed by atoms with Gasteiger partial charge >= 0.3 is 0 Å². The Hall–Kier alpha value is -0.830. The fourth-order valence-corrected chi connectivity index (χ4v) is 2.45. The molecule has 0 spiro atoms. The summed E-state index contributed by atoms with van der Waals surface area (Å²) in [4.78, 5) is 0. The molecule has 0 bridgehead atoms. The Kier molecular flexibility index (Phi) is 3.99. The summed E-state index contributed by atoms with van der Waals surface area (Å²) in [6, 6.07) is 0.431. The van der Waals surface area contributed by atoms with E-state index in [1.54, 1.807) is 0 Å². The van der Waals surface area contributed by atoms with Crippen LogP contribution in [0.4, 0.5) is 0 Å². The van der Waals surface area contributed by atoms with Gasteiger partial charge in [0.05, 0.1) is 6.20 Å². The van der Waals surface area contributed by atoms with E-state index < -0.39 is 0 Å². The van der Waals surface area contributed by atoms with Crippen LogP contribution < -0.4 is 5.32 Å². The van der Waals surface area contributed by atoms with Crippen molar-refractivity contribution in [1.82, 2.24) is 15.1 Å². The molecule has 1 saturated carbocycles. The normalized spacial score (nSPS) is 19.1. The zero-order valence-electron chi connectivity index (χ0n) is 10.4. The second-order valence-corrected chi connectivity index (χ2v) is 4.91. The Morgan fingerprint density at radius 2 is 2.25 bits per heavy atom. The van der Waals surface area contributed by atoms with Crippen molar-refractivity contribution in [2.24, 2.45) is 5.92 Å². The first-order valence-corrected chi connectivity index (χ1v) is 6.55. The Labute approximate surface area is 98.2 Å². The molecule has 1 aliphatic rings. The van der Waals surface area contributed by atoms with Crippen LogP contribution in [0.3, 0.4) is 0 Å². The lowest BCUT2D eigenvalue weighted by Gasteiger charge is -2.15. The van der Waals surface area contributed by atoms with Crippen LogP contribution in [0.2, 0.25) is 0 Å². The van der Waals surface area contributed by atoms with E-state index in [1.165, 1.54) is 37.8 Å². The highest BCUT2D eigenvalue weighted by Crippen LogP contribution is 2.24. The zero-order chi connectivity index (χ0) is 11.4. The van der Waals surface area contributed by atoms with Crippen LogP contribution in [0.25, 0.3) is 0 Å². The average molecular weight is 221 g/mol. The summed E-state index contributed by atoms with van der Waals surface area (Å²) < 4.78 is 1.99. The van der Waals surface area contributed by atoms with Crippen LogP contribution in [-0.2, 0) is 6.54 Å². The first-order chi connectivity index (χ1) is 7.79. The predicted molar refractivity (Wildman–Crippen MR) is 66.3 cm³/mol. The molecule has 1 aromatic heterocycles. The van der Waals surface area contributed by atoms with Crippen molar-refractivity contribution >= 4 is 0 Å². The van der Waals surface area contributed by atoms with Crippen LogP contribution in [-0.4, -0.2) is 16.3 Å². The largest absolute Gasteiger partial charge is 0.310 e. The minimum Gasteiger partial charge on any atom is -0.310 e. The summed E-state index contributed by atoms with van der Waals surface area (Å²) in [5.41, 5.74) is 1.31. The number of rotatable bonds is 5. The SMILES string of the molecule is CCn1cc(C(C)NCC2CCCC2)cn1. The predicted octanol–water partition coefficient (Wildman–Crippen LogP) is 2.74. The summed E-state index contributed by atoms with van der Waals surface area (Å²) in [5.74, 6) is 0.906. The first kappa shape index (κ1) is 11.6. The number of hydrogen-bond acceptors (Lipinski definition) is 2. The molecule has 3 nitrogen and oxygen atoms in total. The van der Waals surface area contributed by atoms with E-state index in [2.05, 4.69) is 30.5 Å². The zero-order valence-corrected chi connectivity index (χ0v) is 10.4. The van der Waals surface area contributed by atoms with Gasteiger partial charge in [0.15, 0.2) is 0 Å². The van der Waals surface area contributed by atoms with Gasteiger partial charge in [-0.25, -0.2) is 0 Å². The fourth-order valence-electron chi connectivity index (χ4n) is 2.45. The Bertz CT molecular complexity index is 313. The molecule has 0 aromatic carbocycles. The highest BCUT2D eigenvalue weighted by molar-refractivity contribution is 5.09. The number of hydrogen-bond donors (Lipinski definition) is 1. The summed E-state index contributed by atoms with van der Waals surface area (Å²) >= 11 is 0. The monoisotopic (exact) mass is 221 g/mol. The number of aromatic nitrogens is 2. The second-order valence-electron chi connectivity index (χ2n) is 4.91. The highest BCUT2D eigenvalue weighted by atomic mass is 15.3. The molecule has 3 heteroatoms. The van der Waals surface area contributed by atoms with Crippen molar-refractivity contribution in [3.05, 3.63) is 18.0 Å². The Morgan fingerprint density at radius 3 is 2.88 bits per heavy atom.